The SMILES string of the molecule is C=C[Si](C)(C)O[Si](C)(C=C)O[Si](C)(C=C)O[SiH2]c1ccccc1. The molecule has 2 atom stereocenters. The van der Waals surface area contributed by atoms with E-state index in [2.05, 4.69) is 45.0 Å². The highest BCUT2D eigenvalue weighted by molar-refractivity contribution is 6.92. The van der Waals surface area contributed by atoms with Gasteiger partial charge in [-0.2, -0.15) is 0 Å². The summed E-state index contributed by atoms with van der Waals surface area (Å²) in [5.74, 6) is 0. The Morgan fingerprint density at radius 2 is 1.39 bits per heavy atom. The van der Waals surface area contributed by atoms with Gasteiger partial charge in [-0.25, -0.2) is 0 Å². The van der Waals surface area contributed by atoms with E-state index in [1.165, 1.54) is 5.19 Å². The van der Waals surface area contributed by atoms with Gasteiger partial charge in [0.05, 0.1) is 0 Å². The highest BCUT2D eigenvalue weighted by atomic mass is 28.5. The average molecular weight is 381 g/mol. The van der Waals surface area contributed by atoms with Crippen molar-refractivity contribution in [2.45, 2.75) is 26.2 Å². The lowest BCUT2D eigenvalue weighted by Crippen LogP contribution is -2.55. The zero-order valence-electron chi connectivity index (χ0n) is 14.7. The lowest BCUT2D eigenvalue weighted by atomic mass is 10.4. The first kappa shape index (κ1) is 20.2. The Bertz CT molecular complexity index is 550. The minimum absolute atomic E-state index is 0.861. The normalized spacial score (nSPS) is 17.4. The van der Waals surface area contributed by atoms with Crippen molar-refractivity contribution in [2.24, 2.45) is 0 Å². The topological polar surface area (TPSA) is 27.7 Å². The van der Waals surface area contributed by atoms with E-state index in [0.29, 0.717) is 0 Å². The minimum atomic E-state index is -2.53. The molecule has 7 heteroatoms. The first-order valence-electron chi connectivity index (χ1n) is 7.66. The van der Waals surface area contributed by atoms with Crippen LogP contribution in [0, 0.1) is 0 Å². The number of rotatable bonds is 10. The van der Waals surface area contributed by atoms with Gasteiger partial charge in [-0.3, -0.25) is 0 Å². The molecule has 0 aromatic heterocycles. The van der Waals surface area contributed by atoms with Crippen LogP contribution in [0.25, 0.3) is 0 Å². The summed E-state index contributed by atoms with van der Waals surface area (Å²) in [5, 5.41) is 1.25. The fourth-order valence-electron chi connectivity index (χ4n) is 2.00. The van der Waals surface area contributed by atoms with Crippen LogP contribution >= 0.6 is 0 Å². The van der Waals surface area contributed by atoms with E-state index in [1.807, 2.05) is 48.4 Å². The Morgan fingerprint density at radius 3 is 1.87 bits per heavy atom. The quantitative estimate of drug-likeness (QED) is 0.584. The van der Waals surface area contributed by atoms with Gasteiger partial charge in [0.15, 0.2) is 18.1 Å². The predicted molar refractivity (Wildman–Crippen MR) is 109 cm³/mol. The second kappa shape index (κ2) is 8.33. The summed E-state index contributed by atoms with van der Waals surface area (Å²) in [5.41, 5.74) is 5.58. The molecular formula is C16H28O3Si4. The fourth-order valence-corrected chi connectivity index (χ4v) is 14.8. The van der Waals surface area contributed by atoms with Crippen molar-refractivity contribution in [3.8, 4) is 0 Å². The van der Waals surface area contributed by atoms with Gasteiger partial charge in [-0.15, -0.1) is 19.7 Å². The molecule has 3 nitrogen and oxygen atoms in total. The van der Waals surface area contributed by atoms with Gasteiger partial charge >= 0.3 is 17.1 Å². The van der Waals surface area contributed by atoms with Crippen LogP contribution in [0.4, 0.5) is 0 Å². The molecule has 23 heavy (non-hydrogen) atoms. The smallest absolute Gasteiger partial charge is 0.342 e. The summed E-state index contributed by atoms with van der Waals surface area (Å²) >= 11 is 0. The van der Waals surface area contributed by atoms with Crippen LogP contribution in [0.5, 0.6) is 0 Å². The Kier molecular flexibility index (Phi) is 7.33. The largest absolute Gasteiger partial charge is 0.435 e. The van der Waals surface area contributed by atoms with E-state index >= 15 is 0 Å². The summed E-state index contributed by atoms with van der Waals surface area (Å²) in [7, 11) is -7.85. The number of hydrogen-bond acceptors (Lipinski definition) is 3. The maximum Gasteiger partial charge on any atom is 0.342 e. The monoisotopic (exact) mass is 380 g/mol. The lowest BCUT2D eigenvalue weighted by molar-refractivity contribution is 0.351. The van der Waals surface area contributed by atoms with Crippen molar-refractivity contribution >= 4 is 40.4 Å². The summed E-state index contributed by atoms with van der Waals surface area (Å²) in [6, 6.07) is 10.3. The van der Waals surface area contributed by atoms with Crippen LogP contribution in [-0.2, 0) is 12.3 Å². The van der Waals surface area contributed by atoms with Gasteiger partial charge in [-0.1, -0.05) is 47.4 Å². The van der Waals surface area contributed by atoms with Gasteiger partial charge in [-0.05, 0) is 31.4 Å². The summed E-state index contributed by atoms with van der Waals surface area (Å²) < 4.78 is 19.0. The van der Waals surface area contributed by atoms with Crippen molar-refractivity contribution in [1.82, 2.24) is 0 Å². The highest BCUT2D eigenvalue weighted by Crippen LogP contribution is 2.22. The molecule has 0 saturated carbocycles. The minimum Gasteiger partial charge on any atom is -0.435 e. The Morgan fingerprint density at radius 1 is 0.826 bits per heavy atom. The first-order chi connectivity index (χ1) is 10.7. The molecule has 0 N–H and O–H groups in total. The van der Waals surface area contributed by atoms with Crippen molar-refractivity contribution in [1.29, 1.82) is 0 Å². The van der Waals surface area contributed by atoms with Gasteiger partial charge < -0.3 is 12.3 Å². The van der Waals surface area contributed by atoms with Crippen LogP contribution < -0.4 is 5.19 Å². The van der Waals surface area contributed by atoms with Gasteiger partial charge in [0.2, 0.25) is 0 Å². The van der Waals surface area contributed by atoms with Crippen LogP contribution in [-0.4, -0.2) is 35.2 Å². The molecule has 2 unspecified atom stereocenters. The van der Waals surface area contributed by atoms with E-state index in [4.69, 9.17) is 12.3 Å². The predicted octanol–water partition coefficient (Wildman–Crippen LogP) is 2.97. The average Bonchev–Trinajstić information content (AvgIpc) is 2.53. The van der Waals surface area contributed by atoms with Gasteiger partial charge in [0.25, 0.3) is 0 Å². The van der Waals surface area contributed by atoms with E-state index in [-0.39, 0.29) is 0 Å². The van der Waals surface area contributed by atoms with Crippen molar-refractivity contribution < 1.29 is 12.3 Å². The molecule has 1 aromatic carbocycles. The van der Waals surface area contributed by atoms with Gasteiger partial charge in [0.1, 0.15) is 0 Å². The molecule has 1 aromatic rings. The molecule has 0 aliphatic heterocycles. The maximum atomic E-state index is 6.40. The molecule has 0 bridgehead atoms. The zero-order valence-corrected chi connectivity index (χ0v) is 19.1. The molecule has 0 aliphatic rings. The Hall–Kier alpha value is -0.812. The number of hydrogen-bond donors (Lipinski definition) is 0. The molecule has 0 radical (unpaired) electrons. The molecule has 1 rings (SSSR count). The summed E-state index contributed by atoms with van der Waals surface area (Å²) in [6.45, 7) is 20.0. The van der Waals surface area contributed by atoms with Crippen LogP contribution in [0.1, 0.15) is 0 Å². The molecule has 0 saturated heterocycles. The molecule has 0 amide bonds. The molecule has 0 spiro atoms. The molecule has 126 valence electrons. The maximum absolute atomic E-state index is 6.40. The number of benzene rings is 1. The highest BCUT2D eigenvalue weighted by Gasteiger charge is 2.42. The van der Waals surface area contributed by atoms with Crippen molar-refractivity contribution in [3.05, 3.63) is 67.2 Å². The molecule has 0 heterocycles. The fraction of sp³-hybridized carbons (Fsp3) is 0.250. The molecule has 0 aliphatic carbocycles. The van der Waals surface area contributed by atoms with Gasteiger partial charge in [0, 0.05) is 0 Å². The Labute approximate surface area is 146 Å². The van der Waals surface area contributed by atoms with E-state index < -0.39 is 35.2 Å². The van der Waals surface area contributed by atoms with Crippen LogP contribution in [0.15, 0.2) is 67.2 Å². The third kappa shape index (κ3) is 6.67. The van der Waals surface area contributed by atoms with E-state index in [0.717, 1.165) is 0 Å². The second-order valence-electron chi connectivity index (χ2n) is 6.23. The third-order valence-electron chi connectivity index (χ3n) is 3.47. The van der Waals surface area contributed by atoms with Crippen molar-refractivity contribution in [3.63, 3.8) is 0 Å². The van der Waals surface area contributed by atoms with Crippen molar-refractivity contribution in [2.75, 3.05) is 0 Å². The Balaban J connectivity index is 2.83. The van der Waals surface area contributed by atoms with Crippen LogP contribution in [0.3, 0.4) is 0 Å². The lowest BCUT2D eigenvalue weighted by Gasteiger charge is -2.37. The molecular weight excluding hydrogens is 353 g/mol. The molecule has 0 fully saturated rings. The second-order valence-corrected chi connectivity index (χ2v) is 18.6. The third-order valence-corrected chi connectivity index (χ3v) is 16.6. The standard InChI is InChI=1S/C16H28O3Si4/c1-8-21(4,5)18-23(7,10-3)19-22(6,9-2)17-20-16-14-12-11-13-15-16/h8-15H,1-3,20H2,4-7H3. The van der Waals surface area contributed by atoms with E-state index in [1.54, 1.807) is 0 Å². The summed E-state index contributed by atoms with van der Waals surface area (Å²) in [6.07, 6.45) is 0. The first-order valence-corrected chi connectivity index (χ1v) is 16.7. The van der Waals surface area contributed by atoms with Crippen LogP contribution in [0.2, 0.25) is 26.2 Å². The van der Waals surface area contributed by atoms with E-state index in [9.17, 15) is 0 Å². The summed E-state index contributed by atoms with van der Waals surface area (Å²) in [4.78, 5) is 0. The zero-order chi connectivity index (χ0) is 17.6.